The second-order valence-corrected chi connectivity index (χ2v) is 3.81. The Balaban J connectivity index is 0.000000561. The summed E-state index contributed by atoms with van der Waals surface area (Å²) in [5.74, 6) is 2.12. The molecular formula is C12H26. The summed E-state index contributed by atoms with van der Waals surface area (Å²) in [5.41, 5.74) is 0. The molecule has 1 fully saturated rings. The van der Waals surface area contributed by atoms with E-state index in [2.05, 4.69) is 13.8 Å². The summed E-state index contributed by atoms with van der Waals surface area (Å²) in [6.45, 7) is 8.72. The third-order valence-electron chi connectivity index (χ3n) is 2.97. The number of hydrogen-bond acceptors (Lipinski definition) is 0. The Morgan fingerprint density at radius 2 is 1.83 bits per heavy atom. The fourth-order valence-corrected chi connectivity index (χ4v) is 2.12. The zero-order chi connectivity index (χ0) is 9.40. The first-order valence-electron chi connectivity index (χ1n) is 5.84. The van der Waals surface area contributed by atoms with Gasteiger partial charge in [-0.25, -0.2) is 0 Å². The summed E-state index contributed by atoms with van der Waals surface area (Å²) in [7, 11) is 0. The maximum atomic E-state index is 2.42. The summed E-state index contributed by atoms with van der Waals surface area (Å²) in [4.78, 5) is 0. The van der Waals surface area contributed by atoms with Crippen molar-refractivity contribution in [2.45, 2.75) is 66.2 Å². The molecule has 1 saturated carbocycles. The van der Waals surface area contributed by atoms with Gasteiger partial charge in [0, 0.05) is 0 Å². The Labute approximate surface area is 78.8 Å². The summed E-state index contributed by atoms with van der Waals surface area (Å²) in [5, 5.41) is 0. The summed E-state index contributed by atoms with van der Waals surface area (Å²) in [6, 6.07) is 0. The van der Waals surface area contributed by atoms with Gasteiger partial charge in [-0.05, 0) is 11.8 Å². The Morgan fingerprint density at radius 3 is 2.25 bits per heavy atom. The first kappa shape index (κ1) is 12.0. The molecule has 0 nitrogen and oxygen atoms in total. The zero-order valence-corrected chi connectivity index (χ0v) is 9.40. The summed E-state index contributed by atoms with van der Waals surface area (Å²) < 4.78 is 0. The van der Waals surface area contributed by atoms with Crippen LogP contribution in [0.4, 0.5) is 0 Å². The van der Waals surface area contributed by atoms with Gasteiger partial charge in [-0.3, -0.25) is 0 Å². The number of rotatable bonds is 3. The highest BCUT2D eigenvalue weighted by atomic mass is 14.3. The van der Waals surface area contributed by atoms with Crippen molar-refractivity contribution in [1.29, 1.82) is 0 Å². The van der Waals surface area contributed by atoms with Crippen LogP contribution in [0, 0.1) is 11.8 Å². The van der Waals surface area contributed by atoms with Crippen LogP contribution in [-0.4, -0.2) is 0 Å². The molecule has 0 radical (unpaired) electrons. The molecule has 0 amide bonds. The van der Waals surface area contributed by atoms with Crippen LogP contribution in [0.2, 0.25) is 0 Å². The summed E-state index contributed by atoms with van der Waals surface area (Å²) >= 11 is 0. The monoisotopic (exact) mass is 170 g/mol. The minimum atomic E-state index is 1.03. The highest BCUT2D eigenvalue weighted by Crippen LogP contribution is 2.34. The van der Waals surface area contributed by atoms with Gasteiger partial charge in [0.25, 0.3) is 0 Å². The van der Waals surface area contributed by atoms with Gasteiger partial charge in [0.15, 0.2) is 0 Å². The standard InChI is InChI=1S/C10H20.C2H6/c1-3-4-7-10-8-5-6-9(10)2;1-2/h9-10H,3-8H2,1-2H3;1-2H3. The van der Waals surface area contributed by atoms with Crippen molar-refractivity contribution >= 4 is 0 Å². The van der Waals surface area contributed by atoms with Crippen molar-refractivity contribution in [2.75, 3.05) is 0 Å². The van der Waals surface area contributed by atoms with Crippen molar-refractivity contribution < 1.29 is 0 Å². The first-order chi connectivity index (χ1) is 5.84. The molecule has 0 bridgehead atoms. The van der Waals surface area contributed by atoms with E-state index in [1.807, 2.05) is 13.8 Å². The van der Waals surface area contributed by atoms with Crippen molar-refractivity contribution in [2.24, 2.45) is 11.8 Å². The number of unbranched alkanes of at least 4 members (excludes halogenated alkanes) is 1. The molecule has 0 heterocycles. The van der Waals surface area contributed by atoms with Gasteiger partial charge in [-0.15, -0.1) is 0 Å². The van der Waals surface area contributed by atoms with E-state index in [1.54, 1.807) is 0 Å². The van der Waals surface area contributed by atoms with Crippen LogP contribution in [0.15, 0.2) is 0 Å². The lowest BCUT2D eigenvalue weighted by molar-refractivity contribution is 0.380. The number of hydrogen-bond donors (Lipinski definition) is 0. The Morgan fingerprint density at radius 1 is 1.17 bits per heavy atom. The average Bonchev–Trinajstić information content (AvgIpc) is 2.51. The fourth-order valence-electron chi connectivity index (χ4n) is 2.12. The van der Waals surface area contributed by atoms with Gasteiger partial charge in [-0.2, -0.15) is 0 Å². The molecule has 12 heavy (non-hydrogen) atoms. The van der Waals surface area contributed by atoms with Crippen LogP contribution >= 0.6 is 0 Å². The van der Waals surface area contributed by atoms with E-state index in [9.17, 15) is 0 Å². The molecule has 0 saturated heterocycles. The van der Waals surface area contributed by atoms with Crippen LogP contribution < -0.4 is 0 Å². The van der Waals surface area contributed by atoms with E-state index in [0.29, 0.717) is 0 Å². The third kappa shape index (κ3) is 4.13. The molecule has 0 heteroatoms. The van der Waals surface area contributed by atoms with Crippen LogP contribution in [0.3, 0.4) is 0 Å². The molecule has 1 aliphatic carbocycles. The van der Waals surface area contributed by atoms with Crippen molar-refractivity contribution in [1.82, 2.24) is 0 Å². The smallest absolute Gasteiger partial charge is 0.0388 e. The second-order valence-electron chi connectivity index (χ2n) is 3.81. The van der Waals surface area contributed by atoms with Crippen LogP contribution in [0.5, 0.6) is 0 Å². The fraction of sp³-hybridized carbons (Fsp3) is 1.00. The van der Waals surface area contributed by atoms with Crippen molar-refractivity contribution in [3.63, 3.8) is 0 Å². The van der Waals surface area contributed by atoms with Gasteiger partial charge in [0.1, 0.15) is 0 Å². The second kappa shape index (κ2) is 7.64. The largest absolute Gasteiger partial charge is 0.0683 e. The molecular weight excluding hydrogens is 144 g/mol. The molecule has 0 aliphatic heterocycles. The highest BCUT2D eigenvalue weighted by Gasteiger charge is 2.21. The first-order valence-corrected chi connectivity index (χ1v) is 5.84. The minimum absolute atomic E-state index is 1.03. The quantitative estimate of drug-likeness (QED) is 0.579. The Kier molecular flexibility index (Phi) is 7.64. The highest BCUT2D eigenvalue weighted by molar-refractivity contribution is 4.73. The van der Waals surface area contributed by atoms with E-state index in [0.717, 1.165) is 11.8 Å². The van der Waals surface area contributed by atoms with Gasteiger partial charge in [-0.1, -0.05) is 66.2 Å². The topological polar surface area (TPSA) is 0 Å². The van der Waals surface area contributed by atoms with Gasteiger partial charge in [0.2, 0.25) is 0 Å². The molecule has 1 rings (SSSR count). The van der Waals surface area contributed by atoms with E-state index >= 15 is 0 Å². The molecule has 2 atom stereocenters. The lowest BCUT2D eigenvalue weighted by atomic mass is 9.93. The molecule has 2 unspecified atom stereocenters. The molecule has 0 aromatic rings. The normalized spacial score (nSPS) is 28.0. The van der Waals surface area contributed by atoms with Gasteiger partial charge >= 0.3 is 0 Å². The SMILES string of the molecule is CC.CCCCC1CCCC1C. The van der Waals surface area contributed by atoms with Crippen molar-refractivity contribution in [3.05, 3.63) is 0 Å². The molecule has 74 valence electrons. The van der Waals surface area contributed by atoms with Crippen LogP contribution in [0.25, 0.3) is 0 Å². The molecule has 0 N–H and O–H groups in total. The Bertz CT molecular complexity index is 86.0. The van der Waals surface area contributed by atoms with E-state index < -0.39 is 0 Å². The van der Waals surface area contributed by atoms with Gasteiger partial charge < -0.3 is 0 Å². The summed E-state index contributed by atoms with van der Waals surface area (Å²) in [6.07, 6.45) is 8.83. The molecule has 0 aromatic heterocycles. The molecule has 0 spiro atoms. The Hall–Kier alpha value is 0. The minimum Gasteiger partial charge on any atom is -0.0683 e. The van der Waals surface area contributed by atoms with E-state index in [4.69, 9.17) is 0 Å². The zero-order valence-electron chi connectivity index (χ0n) is 9.40. The maximum Gasteiger partial charge on any atom is -0.0388 e. The molecule has 1 aliphatic rings. The van der Waals surface area contributed by atoms with E-state index in [1.165, 1.54) is 38.5 Å². The lowest BCUT2D eigenvalue weighted by Gasteiger charge is -2.13. The predicted octanol–water partition coefficient (Wildman–Crippen LogP) is 4.64. The maximum absolute atomic E-state index is 2.42. The van der Waals surface area contributed by atoms with Crippen molar-refractivity contribution in [3.8, 4) is 0 Å². The van der Waals surface area contributed by atoms with Crippen LogP contribution in [-0.2, 0) is 0 Å². The van der Waals surface area contributed by atoms with E-state index in [-0.39, 0.29) is 0 Å². The van der Waals surface area contributed by atoms with Gasteiger partial charge in [0.05, 0.1) is 0 Å². The predicted molar refractivity (Wildman–Crippen MR) is 57.4 cm³/mol. The van der Waals surface area contributed by atoms with Crippen LogP contribution in [0.1, 0.15) is 66.2 Å². The molecule has 0 aromatic carbocycles. The average molecular weight is 170 g/mol. The lowest BCUT2D eigenvalue weighted by Crippen LogP contribution is -2.02. The third-order valence-corrected chi connectivity index (χ3v) is 2.97.